The summed E-state index contributed by atoms with van der Waals surface area (Å²) in [6.07, 6.45) is -3.05. The van der Waals surface area contributed by atoms with Gasteiger partial charge >= 0.3 is 6.36 Å². The second-order valence-electron chi connectivity index (χ2n) is 8.14. The van der Waals surface area contributed by atoms with Crippen LogP contribution in [-0.2, 0) is 9.59 Å². The number of hydrogen-bond donors (Lipinski definition) is 3. The van der Waals surface area contributed by atoms with Crippen molar-refractivity contribution in [3.8, 4) is 5.75 Å². The number of carbonyl (C=O) groups is 2. The molecule has 0 aliphatic rings. The van der Waals surface area contributed by atoms with Gasteiger partial charge in [0.1, 0.15) is 0 Å². The van der Waals surface area contributed by atoms with Gasteiger partial charge in [0.25, 0.3) is 0 Å². The molecular weight excluding hydrogens is 432 g/mol. The largest absolute Gasteiger partial charge is 0.573 e. The maximum atomic E-state index is 14.2. The van der Waals surface area contributed by atoms with E-state index in [-0.39, 0.29) is 12.4 Å². The molecule has 0 spiro atoms. The standard InChI is InChI=1S/C21H24F4N4O3/c1-12-7-15(19(27-9-12)28-11-30)29-17(31)10-26-18(20(2,3)4)13-5-6-16(14(22)8-13)32-21(23,24)25/h5-9,11,18,26H,10H2,1-4H3,(H,29,31)(H,27,28,30). The SMILES string of the molecule is Cc1cnc(NC=O)c(NC(=O)CNC(c2ccc(OC(F)(F)F)c(F)c2)C(C)(C)C)c1. The summed E-state index contributed by atoms with van der Waals surface area (Å²) in [5.41, 5.74) is 0.886. The number of alkyl halides is 3. The molecule has 2 amide bonds. The third kappa shape index (κ3) is 7.19. The van der Waals surface area contributed by atoms with E-state index in [1.54, 1.807) is 13.0 Å². The van der Waals surface area contributed by atoms with Crippen LogP contribution in [0.4, 0.5) is 29.1 Å². The van der Waals surface area contributed by atoms with E-state index in [4.69, 9.17) is 0 Å². The molecule has 1 aromatic carbocycles. The molecule has 0 saturated carbocycles. The molecule has 2 rings (SSSR count). The van der Waals surface area contributed by atoms with Crippen molar-refractivity contribution < 1.29 is 31.9 Å². The molecule has 0 saturated heterocycles. The number of ether oxygens (including phenoxy) is 1. The van der Waals surface area contributed by atoms with E-state index in [0.29, 0.717) is 17.7 Å². The topological polar surface area (TPSA) is 92.4 Å². The van der Waals surface area contributed by atoms with Crippen LogP contribution in [0.3, 0.4) is 0 Å². The van der Waals surface area contributed by atoms with E-state index in [0.717, 1.165) is 17.7 Å². The van der Waals surface area contributed by atoms with Crippen molar-refractivity contribution in [3.63, 3.8) is 0 Å². The van der Waals surface area contributed by atoms with E-state index in [1.165, 1.54) is 12.3 Å². The highest BCUT2D eigenvalue weighted by molar-refractivity contribution is 5.96. The lowest BCUT2D eigenvalue weighted by atomic mass is 9.82. The smallest absolute Gasteiger partial charge is 0.403 e. The van der Waals surface area contributed by atoms with Gasteiger partial charge in [-0.25, -0.2) is 9.37 Å². The molecule has 1 atom stereocenters. The van der Waals surface area contributed by atoms with Crippen LogP contribution in [0, 0.1) is 18.2 Å². The second-order valence-corrected chi connectivity index (χ2v) is 8.14. The Labute approximate surface area is 182 Å². The molecule has 11 heteroatoms. The van der Waals surface area contributed by atoms with Crippen molar-refractivity contribution in [1.82, 2.24) is 10.3 Å². The number of halogens is 4. The van der Waals surface area contributed by atoms with E-state index in [2.05, 4.69) is 25.7 Å². The van der Waals surface area contributed by atoms with E-state index in [1.807, 2.05) is 20.8 Å². The first kappa shape index (κ1) is 25.1. The van der Waals surface area contributed by atoms with E-state index in [9.17, 15) is 27.2 Å². The van der Waals surface area contributed by atoms with Gasteiger partial charge in [-0.3, -0.25) is 9.59 Å². The van der Waals surface area contributed by atoms with Gasteiger partial charge in [-0.1, -0.05) is 26.8 Å². The molecule has 2 aromatic rings. The Hall–Kier alpha value is -3.21. The van der Waals surface area contributed by atoms with Gasteiger partial charge in [-0.15, -0.1) is 13.2 Å². The molecule has 3 N–H and O–H groups in total. The average molecular weight is 456 g/mol. The zero-order chi connectivity index (χ0) is 24.1. The lowest BCUT2D eigenvalue weighted by Crippen LogP contribution is -2.37. The third-order valence-corrected chi connectivity index (χ3v) is 4.34. The van der Waals surface area contributed by atoms with Gasteiger partial charge in [0.15, 0.2) is 17.4 Å². The first-order valence-corrected chi connectivity index (χ1v) is 9.55. The first-order valence-electron chi connectivity index (χ1n) is 9.55. The zero-order valence-corrected chi connectivity index (χ0v) is 17.9. The molecule has 1 unspecified atom stereocenters. The van der Waals surface area contributed by atoms with Crippen LogP contribution in [0.15, 0.2) is 30.5 Å². The highest BCUT2D eigenvalue weighted by atomic mass is 19.4. The van der Waals surface area contributed by atoms with Crippen LogP contribution in [-0.4, -0.2) is 30.2 Å². The Morgan fingerprint density at radius 2 is 1.91 bits per heavy atom. The maximum Gasteiger partial charge on any atom is 0.573 e. The van der Waals surface area contributed by atoms with Crippen LogP contribution in [0.2, 0.25) is 0 Å². The third-order valence-electron chi connectivity index (χ3n) is 4.34. The molecule has 32 heavy (non-hydrogen) atoms. The number of anilines is 2. The van der Waals surface area contributed by atoms with Gasteiger partial charge in [0.05, 0.1) is 12.2 Å². The Bertz CT molecular complexity index is 974. The van der Waals surface area contributed by atoms with Crippen LogP contribution in [0.5, 0.6) is 5.75 Å². The molecule has 0 fully saturated rings. The monoisotopic (exact) mass is 456 g/mol. The number of amides is 2. The number of aryl methyl sites for hydroxylation is 1. The lowest BCUT2D eigenvalue weighted by Gasteiger charge is -2.32. The number of nitrogens with zero attached hydrogens (tertiary/aromatic N) is 1. The van der Waals surface area contributed by atoms with Gasteiger partial charge in [-0.05, 0) is 41.7 Å². The molecular formula is C21H24F4N4O3. The van der Waals surface area contributed by atoms with Crippen molar-refractivity contribution in [2.24, 2.45) is 5.41 Å². The Kier molecular flexibility index (Phi) is 7.78. The summed E-state index contributed by atoms with van der Waals surface area (Å²) in [6.45, 7) is 7.06. The zero-order valence-electron chi connectivity index (χ0n) is 17.9. The van der Waals surface area contributed by atoms with E-state index >= 15 is 0 Å². The molecule has 0 aliphatic carbocycles. The van der Waals surface area contributed by atoms with Gasteiger partial charge in [0, 0.05) is 12.2 Å². The fourth-order valence-corrected chi connectivity index (χ4v) is 3.05. The van der Waals surface area contributed by atoms with Crippen molar-refractivity contribution in [2.75, 3.05) is 17.2 Å². The van der Waals surface area contributed by atoms with Crippen molar-refractivity contribution in [3.05, 3.63) is 47.4 Å². The summed E-state index contributed by atoms with van der Waals surface area (Å²) in [5.74, 6) is -2.39. The minimum Gasteiger partial charge on any atom is -0.403 e. The summed E-state index contributed by atoms with van der Waals surface area (Å²) in [7, 11) is 0. The highest BCUT2D eigenvalue weighted by Crippen LogP contribution is 2.35. The van der Waals surface area contributed by atoms with Crippen LogP contribution >= 0.6 is 0 Å². The Morgan fingerprint density at radius 1 is 1.22 bits per heavy atom. The minimum atomic E-state index is -5.01. The van der Waals surface area contributed by atoms with Crippen LogP contribution in [0.1, 0.15) is 37.9 Å². The molecule has 1 heterocycles. The number of nitrogens with one attached hydrogen (secondary N) is 3. The number of pyridine rings is 1. The predicted molar refractivity (Wildman–Crippen MR) is 111 cm³/mol. The van der Waals surface area contributed by atoms with Gasteiger partial charge in [0.2, 0.25) is 12.3 Å². The van der Waals surface area contributed by atoms with Gasteiger partial charge in [-0.2, -0.15) is 0 Å². The quantitative estimate of drug-likeness (QED) is 0.407. The fourth-order valence-electron chi connectivity index (χ4n) is 3.05. The number of aromatic nitrogens is 1. The Morgan fingerprint density at radius 3 is 2.47 bits per heavy atom. The molecule has 1 aromatic heterocycles. The van der Waals surface area contributed by atoms with Gasteiger partial charge < -0.3 is 20.7 Å². The number of hydrogen-bond acceptors (Lipinski definition) is 5. The lowest BCUT2D eigenvalue weighted by molar-refractivity contribution is -0.275. The first-order chi connectivity index (χ1) is 14.8. The number of rotatable bonds is 8. The Balaban J connectivity index is 2.16. The normalized spacial score (nSPS) is 12.8. The molecule has 174 valence electrons. The van der Waals surface area contributed by atoms with E-state index < -0.39 is 35.3 Å². The summed E-state index contributed by atoms with van der Waals surface area (Å²) < 4.78 is 55.0. The molecule has 0 bridgehead atoms. The van der Waals surface area contributed by atoms with Crippen LogP contribution in [0.25, 0.3) is 0 Å². The van der Waals surface area contributed by atoms with Crippen molar-refractivity contribution in [2.45, 2.75) is 40.1 Å². The molecule has 0 aliphatic heterocycles. The summed E-state index contributed by atoms with van der Waals surface area (Å²) in [6, 6.07) is 4.20. The summed E-state index contributed by atoms with van der Waals surface area (Å²) in [5, 5.41) is 8.03. The minimum absolute atomic E-state index is 0.175. The molecule has 7 nitrogen and oxygen atoms in total. The maximum absolute atomic E-state index is 14.2. The predicted octanol–water partition coefficient (Wildman–Crippen LogP) is 4.31. The van der Waals surface area contributed by atoms with Crippen molar-refractivity contribution >= 4 is 23.8 Å². The summed E-state index contributed by atoms with van der Waals surface area (Å²) >= 11 is 0. The van der Waals surface area contributed by atoms with Crippen LogP contribution < -0.4 is 20.7 Å². The number of carbonyl (C=O) groups excluding carboxylic acids is 2. The highest BCUT2D eigenvalue weighted by Gasteiger charge is 2.33. The fraction of sp³-hybridized carbons (Fsp3) is 0.381. The average Bonchev–Trinajstić information content (AvgIpc) is 2.64. The molecule has 0 radical (unpaired) electrons. The number of benzene rings is 1. The second kappa shape index (κ2) is 9.94. The van der Waals surface area contributed by atoms with Crippen molar-refractivity contribution in [1.29, 1.82) is 0 Å². The summed E-state index contributed by atoms with van der Waals surface area (Å²) in [4.78, 5) is 27.2.